The van der Waals surface area contributed by atoms with Crippen molar-refractivity contribution in [2.75, 3.05) is 36.7 Å². The molecule has 0 aliphatic carbocycles. The van der Waals surface area contributed by atoms with E-state index in [1.54, 1.807) is 17.0 Å². The smallest absolute Gasteiger partial charge is 0.416 e. The van der Waals surface area contributed by atoms with Crippen LogP contribution < -0.4 is 29.7 Å². The van der Waals surface area contributed by atoms with Crippen molar-refractivity contribution in [3.63, 3.8) is 0 Å². The Morgan fingerprint density at radius 1 is 1.00 bits per heavy atom. The maximum absolute atomic E-state index is 13.9. The number of nitrogens with zero attached hydrogens (tertiary/aromatic N) is 1. The van der Waals surface area contributed by atoms with E-state index in [-0.39, 0.29) is 43.6 Å². The van der Waals surface area contributed by atoms with E-state index in [1.807, 2.05) is 24.3 Å². The van der Waals surface area contributed by atoms with Crippen LogP contribution in [0.15, 0.2) is 54.6 Å². The normalized spacial score (nSPS) is 18.8. The number of rotatable bonds is 4. The number of carbonyl (C=O) groups excluding carboxylic acids is 2. The molecule has 3 heterocycles. The van der Waals surface area contributed by atoms with Crippen LogP contribution in [0, 0.1) is 6.92 Å². The van der Waals surface area contributed by atoms with Crippen molar-refractivity contribution in [2.24, 2.45) is 0 Å². The van der Waals surface area contributed by atoms with E-state index in [2.05, 4.69) is 10.6 Å². The van der Waals surface area contributed by atoms with Gasteiger partial charge in [-0.1, -0.05) is 24.3 Å². The number of anilines is 2. The standard InChI is InChI=1S/C27H22F3N3O5/c1-15-6-7-16(10-18(15)27(28,29)30)32-25(35)31-8-9-33-20-5-3-2-4-17(20)26(24(33)34)13-36-21-12-23-22(11-19(21)26)37-14-38-23/h2-7,10-12H,8-9,13-14H2,1H3,(H2,31,32,35). The zero-order valence-corrected chi connectivity index (χ0v) is 20.1. The van der Waals surface area contributed by atoms with E-state index in [0.717, 1.165) is 11.6 Å². The molecular formula is C27H22F3N3O5. The molecule has 2 N–H and O–H groups in total. The molecule has 3 aliphatic heterocycles. The average molecular weight is 525 g/mol. The van der Waals surface area contributed by atoms with Gasteiger partial charge in [-0.15, -0.1) is 0 Å². The fourth-order valence-electron chi connectivity index (χ4n) is 5.25. The van der Waals surface area contributed by atoms with Gasteiger partial charge in [0, 0.05) is 36.1 Å². The van der Waals surface area contributed by atoms with E-state index in [0.29, 0.717) is 28.5 Å². The molecule has 196 valence electrons. The minimum absolute atomic E-state index is 0.0143. The number of carbonyl (C=O) groups is 2. The lowest BCUT2D eigenvalue weighted by Crippen LogP contribution is -2.45. The molecule has 1 unspecified atom stereocenters. The molecule has 0 bridgehead atoms. The molecule has 6 rings (SSSR count). The Morgan fingerprint density at radius 2 is 1.76 bits per heavy atom. The summed E-state index contributed by atoms with van der Waals surface area (Å²) in [5.41, 5.74) is 0.360. The Hall–Kier alpha value is -4.41. The zero-order chi connectivity index (χ0) is 26.7. The first kappa shape index (κ1) is 24.0. The number of fused-ring (bicyclic) bond motifs is 5. The Bertz CT molecular complexity index is 1470. The molecule has 0 aromatic heterocycles. The van der Waals surface area contributed by atoms with Gasteiger partial charge in [0.1, 0.15) is 17.8 Å². The summed E-state index contributed by atoms with van der Waals surface area (Å²) < 4.78 is 56.5. The first-order chi connectivity index (χ1) is 18.2. The minimum Gasteiger partial charge on any atom is -0.491 e. The van der Waals surface area contributed by atoms with Crippen molar-refractivity contribution >= 4 is 23.3 Å². The second kappa shape index (κ2) is 8.57. The number of halogens is 3. The third-order valence-electron chi connectivity index (χ3n) is 7.07. The van der Waals surface area contributed by atoms with Crippen molar-refractivity contribution in [3.05, 3.63) is 76.9 Å². The number of para-hydroxylation sites is 1. The van der Waals surface area contributed by atoms with Crippen molar-refractivity contribution in [1.29, 1.82) is 0 Å². The third-order valence-corrected chi connectivity index (χ3v) is 7.07. The van der Waals surface area contributed by atoms with Gasteiger partial charge < -0.3 is 29.7 Å². The van der Waals surface area contributed by atoms with Crippen LogP contribution in [-0.4, -0.2) is 38.4 Å². The number of ether oxygens (including phenoxy) is 3. The third kappa shape index (κ3) is 3.68. The molecule has 3 aromatic carbocycles. The number of alkyl halides is 3. The van der Waals surface area contributed by atoms with Crippen LogP contribution in [0.2, 0.25) is 0 Å². The summed E-state index contributed by atoms with van der Waals surface area (Å²) in [6.45, 7) is 1.77. The van der Waals surface area contributed by atoms with Gasteiger partial charge in [0.25, 0.3) is 0 Å². The van der Waals surface area contributed by atoms with E-state index in [1.165, 1.54) is 19.1 Å². The highest BCUT2D eigenvalue weighted by Crippen LogP contribution is 2.54. The maximum Gasteiger partial charge on any atom is 0.416 e. The maximum atomic E-state index is 13.9. The molecule has 0 saturated carbocycles. The van der Waals surface area contributed by atoms with Crippen LogP contribution in [0.25, 0.3) is 0 Å². The Kier molecular flexibility index (Phi) is 5.41. The molecule has 0 saturated heterocycles. The highest BCUT2D eigenvalue weighted by molar-refractivity contribution is 6.11. The Labute approximate surface area is 215 Å². The zero-order valence-electron chi connectivity index (χ0n) is 20.1. The highest BCUT2D eigenvalue weighted by Gasteiger charge is 2.57. The molecule has 3 aromatic rings. The van der Waals surface area contributed by atoms with Gasteiger partial charge in [-0.25, -0.2) is 4.79 Å². The molecule has 1 atom stereocenters. The van der Waals surface area contributed by atoms with Crippen LogP contribution in [0.1, 0.15) is 22.3 Å². The highest BCUT2D eigenvalue weighted by atomic mass is 19.4. The lowest BCUT2D eigenvalue weighted by Gasteiger charge is -2.23. The summed E-state index contributed by atoms with van der Waals surface area (Å²) in [6, 6.07) is 13.8. The van der Waals surface area contributed by atoms with Crippen molar-refractivity contribution < 1.29 is 37.0 Å². The van der Waals surface area contributed by atoms with Gasteiger partial charge in [0.15, 0.2) is 11.5 Å². The van der Waals surface area contributed by atoms with Gasteiger partial charge in [-0.05, 0) is 42.3 Å². The molecule has 38 heavy (non-hydrogen) atoms. The van der Waals surface area contributed by atoms with Gasteiger partial charge in [0.05, 0.1) is 5.56 Å². The summed E-state index contributed by atoms with van der Waals surface area (Å²) in [5.74, 6) is 1.45. The Balaban J connectivity index is 1.19. The lowest BCUT2D eigenvalue weighted by molar-refractivity contribution is -0.138. The quantitative estimate of drug-likeness (QED) is 0.520. The molecule has 1 spiro atoms. The number of hydrogen-bond acceptors (Lipinski definition) is 5. The second-order valence-corrected chi connectivity index (χ2v) is 9.28. The number of nitrogens with one attached hydrogen (secondary N) is 2. The summed E-state index contributed by atoms with van der Waals surface area (Å²) >= 11 is 0. The van der Waals surface area contributed by atoms with Gasteiger partial charge in [0.2, 0.25) is 12.7 Å². The molecule has 0 radical (unpaired) electrons. The number of amides is 3. The van der Waals surface area contributed by atoms with Gasteiger partial charge in [-0.3, -0.25) is 4.79 Å². The molecule has 3 aliphatic rings. The van der Waals surface area contributed by atoms with E-state index in [4.69, 9.17) is 14.2 Å². The van der Waals surface area contributed by atoms with Gasteiger partial charge >= 0.3 is 12.2 Å². The predicted molar refractivity (Wildman–Crippen MR) is 131 cm³/mol. The lowest BCUT2D eigenvalue weighted by atomic mass is 9.77. The SMILES string of the molecule is Cc1ccc(NC(=O)NCCN2C(=O)C3(COc4cc5c(cc43)OCO5)c3ccccc32)cc1C(F)(F)F. The number of aryl methyl sites for hydroxylation is 1. The summed E-state index contributed by atoms with van der Waals surface area (Å²) in [4.78, 5) is 27.9. The fourth-order valence-corrected chi connectivity index (χ4v) is 5.25. The van der Waals surface area contributed by atoms with Crippen molar-refractivity contribution in [3.8, 4) is 17.2 Å². The predicted octanol–water partition coefficient (Wildman–Crippen LogP) is 4.59. The first-order valence-corrected chi connectivity index (χ1v) is 11.9. The average Bonchev–Trinajstić information content (AvgIpc) is 3.55. The van der Waals surface area contributed by atoms with E-state index < -0.39 is 23.2 Å². The number of hydrogen-bond donors (Lipinski definition) is 2. The molecule has 11 heteroatoms. The molecule has 8 nitrogen and oxygen atoms in total. The van der Waals surface area contributed by atoms with Crippen LogP contribution >= 0.6 is 0 Å². The fraction of sp³-hybridized carbons (Fsp3) is 0.259. The second-order valence-electron chi connectivity index (χ2n) is 9.28. The summed E-state index contributed by atoms with van der Waals surface area (Å²) in [5, 5.41) is 5.05. The van der Waals surface area contributed by atoms with Crippen LogP contribution in [-0.2, 0) is 16.4 Å². The van der Waals surface area contributed by atoms with Crippen molar-refractivity contribution in [1.82, 2.24) is 5.32 Å². The first-order valence-electron chi connectivity index (χ1n) is 11.9. The van der Waals surface area contributed by atoms with E-state index in [9.17, 15) is 22.8 Å². The van der Waals surface area contributed by atoms with Gasteiger partial charge in [-0.2, -0.15) is 13.2 Å². The number of benzene rings is 3. The molecular weight excluding hydrogens is 503 g/mol. The van der Waals surface area contributed by atoms with Crippen LogP contribution in [0.3, 0.4) is 0 Å². The molecule has 3 amide bonds. The monoisotopic (exact) mass is 525 g/mol. The van der Waals surface area contributed by atoms with E-state index >= 15 is 0 Å². The minimum atomic E-state index is -4.53. The van der Waals surface area contributed by atoms with Crippen LogP contribution in [0.5, 0.6) is 17.2 Å². The summed E-state index contributed by atoms with van der Waals surface area (Å²) in [7, 11) is 0. The molecule has 0 fully saturated rings. The van der Waals surface area contributed by atoms with Crippen LogP contribution in [0.4, 0.5) is 29.3 Å². The Morgan fingerprint density at radius 3 is 2.55 bits per heavy atom. The van der Waals surface area contributed by atoms with Crippen molar-refractivity contribution in [2.45, 2.75) is 18.5 Å². The topological polar surface area (TPSA) is 89.1 Å². The summed E-state index contributed by atoms with van der Waals surface area (Å²) in [6.07, 6.45) is -4.53. The largest absolute Gasteiger partial charge is 0.491 e. The number of urea groups is 1.